The lowest BCUT2D eigenvalue weighted by atomic mass is 10.0. The van der Waals surface area contributed by atoms with E-state index in [2.05, 4.69) is 12.2 Å². The van der Waals surface area contributed by atoms with Crippen molar-refractivity contribution in [3.8, 4) is 5.75 Å². The molecule has 0 fully saturated rings. The van der Waals surface area contributed by atoms with Crippen LogP contribution in [-0.4, -0.2) is 21.0 Å². The van der Waals surface area contributed by atoms with E-state index in [1.807, 2.05) is 51.1 Å². The monoisotopic (exact) mass is 485 g/mol. The summed E-state index contributed by atoms with van der Waals surface area (Å²) >= 11 is 0. The van der Waals surface area contributed by atoms with Crippen LogP contribution in [0.15, 0.2) is 36.4 Å². The largest absolute Gasteiger partial charge is 0.507 e. The van der Waals surface area contributed by atoms with E-state index in [0.29, 0.717) is 17.0 Å². The molecule has 2 rings (SSSR count). The van der Waals surface area contributed by atoms with Gasteiger partial charge < -0.3 is 10.4 Å². The van der Waals surface area contributed by atoms with Gasteiger partial charge in [-0.15, -0.1) is 0 Å². The Labute approximate surface area is 209 Å². The van der Waals surface area contributed by atoms with E-state index in [0.717, 1.165) is 29.5 Å². The Morgan fingerprint density at radius 3 is 2.03 bits per heavy atom. The van der Waals surface area contributed by atoms with E-state index in [1.54, 1.807) is 6.07 Å². The smallest absolute Gasteiger partial charge is 0.244 e. The summed E-state index contributed by atoms with van der Waals surface area (Å²) in [6.07, 6.45) is 12.2. The number of unbranched alkanes of at least 4 members (excludes halogenated alkanes) is 9. The second kappa shape index (κ2) is 15.0. The molecule has 2 aromatic rings. The molecule has 1 unspecified atom stereocenters. The lowest BCUT2D eigenvalue weighted by Crippen LogP contribution is -2.26. The fourth-order valence-electron chi connectivity index (χ4n) is 4.30. The van der Waals surface area contributed by atoms with E-state index in [1.165, 1.54) is 51.4 Å². The van der Waals surface area contributed by atoms with Crippen molar-refractivity contribution in [2.45, 2.75) is 97.2 Å². The number of rotatable bonds is 15. The molecule has 0 saturated carbocycles. The number of phenolic OH excluding ortho intramolecular Hbond substituents is 1. The first kappa shape index (κ1) is 28.1. The summed E-state index contributed by atoms with van der Waals surface area (Å²) in [5.41, 5.74) is 3.72. The third kappa shape index (κ3) is 8.57. The first-order valence-electron chi connectivity index (χ1n) is 12.9. The number of benzene rings is 2. The van der Waals surface area contributed by atoms with Crippen LogP contribution in [0.4, 0.5) is 5.69 Å². The van der Waals surface area contributed by atoms with Gasteiger partial charge in [0.2, 0.25) is 5.91 Å². The molecule has 0 radical (unpaired) electrons. The van der Waals surface area contributed by atoms with Crippen molar-refractivity contribution in [3.63, 3.8) is 0 Å². The number of carbonyl (C=O) groups is 1. The zero-order valence-electron chi connectivity index (χ0n) is 21.5. The van der Waals surface area contributed by atoms with Gasteiger partial charge in [-0.1, -0.05) is 95.0 Å². The van der Waals surface area contributed by atoms with Crippen molar-refractivity contribution in [1.29, 1.82) is 0 Å². The Hall–Kier alpha value is -2.14. The van der Waals surface area contributed by atoms with E-state index >= 15 is 0 Å². The standard InChI is InChI=1S/C29H43NO3S/c1-5-6-7-8-9-10-11-12-13-17-20-34(33)28(25-18-15-14-16-19-25)29(32)30-26-21-22(2)27(31)24(4)23(26)3/h14-16,18-19,21,28,31H,5-13,17,20H2,1-4H3,(H,30,32)/t28-,34?/m0/s1. The van der Waals surface area contributed by atoms with E-state index < -0.39 is 16.0 Å². The summed E-state index contributed by atoms with van der Waals surface area (Å²) in [6, 6.07) is 11.2. The predicted octanol–water partition coefficient (Wildman–Crippen LogP) is 7.67. The van der Waals surface area contributed by atoms with Crippen LogP contribution in [0.3, 0.4) is 0 Å². The van der Waals surface area contributed by atoms with Gasteiger partial charge in [0.15, 0.2) is 0 Å². The average molecular weight is 486 g/mol. The van der Waals surface area contributed by atoms with Gasteiger partial charge in [0.05, 0.1) is 0 Å². The molecule has 0 bridgehead atoms. The molecular weight excluding hydrogens is 442 g/mol. The van der Waals surface area contributed by atoms with Crippen LogP contribution in [0.5, 0.6) is 5.75 Å². The maximum Gasteiger partial charge on any atom is 0.244 e. The topological polar surface area (TPSA) is 66.4 Å². The summed E-state index contributed by atoms with van der Waals surface area (Å²) in [5, 5.41) is 12.5. The molecule has 188 valence electrons. The summed E-state index contributed by atoms with van der Waals surface area (Å²) in [4.78, 5) is 13.3. The fourth-order valence-corrected chi connectivity index (χ4v) is 5.78. The van der Waals surface area contributed by atoms with Crippen LogP contribution < -0.4 is 5.32 Å². The normalized spacial score (nSPS) is 12.9. The van der Waals surface area contributed by atoms with Crippen LogP contribution in [0, 0.1) is 20.8 Å². The average Bonchev–Trinajstić information content (AvgIpc) is 2.83. The molecule has 2 aromatic carbocycles. The van der Waals surface area contributed by atoms with E-state index in [9.17, 15) is 14.1 Å². The molecule has 34 heavy (non-hydrogen) atoms. The van der Waals surface area contributed by atoms with E-state index in [-0.39, 0.29) is 11.7 Å². The number of carbonyl (C=O) groups excluding carboxylic acids is 1. The highest BCUT2D eigenvalue weighted by Gasteiger charge is 2.27. The predicted molar refractivity (Wildman–Crippen MR) is 145 cm³/mol. The van der Waals surface area contributed by atoms with Gasteiger partial charge in [0.1, 0.15) is 11.0 Å². The summed E-state index contributed by atoms with van der Waals surface area (Å²) in [5.74, 6) is 0.514. The van der Waals surface area contributed by atoms with Gasteiger partial charge in [-0.3, -0.25) is 9.00 Å². The zero-order chi connectivity index (χ0) is 24.9. The highest BCUT2D eigenvalue weighted by Crippen LogP contribution is 2.32. The highest BCUT2D eigenvalue weighted by atomic mass is 32.2. The second-order valence-corrected chi connectivity index (χ2v) is 11.0. The van der Waals surface area contributed by atoms with Gasteiger partial charge in [-0.25, -0.2) is 0 Å². The molecule has 2 atom stereocenters. The molecular formula is C29H43NO3S. The molecule has 0 heterocycles. The third-order valence-corrected chi connectivity index (χ3v) is 8.32. The first-order chi connectivity index (χ1) is 16.4. The Bertz CT molecular complexity index is 927. The van der Waals surface area contributed by atoms with Crippen molar-refractivity contribution in [3.05, 3.63) is 58.7 Å². The number of aromatic hydroxyl groups is 1. The quantitative estimate of drug-likeness (QED) is 0.201. The number of hydrogen-bond donors (Lipinski definition) is 2. The highest BCUT2D eigenvalue weighted by molar-refractivity contribution is 7.86. The van der Waals surface area contributed by atoms with Crippen molar-refractivity contribution >= 4 is 22.4 Å². The molecule has 0 aliphatic heterocycles. The van der Waals surface area contributed by atoms with Crippen molar-refractivity contribution in [2.75, 3.05) is 11.1 Å². The molecule has 0 aliphatic carbocycles. The second-order valence-electron chi connectivity index (χ2n) is 9.39. The van der Waals surface area contributed by atoms with Crippen molar-refractivity contribution in [2.24, 2.45) is 0 Å². The number of hydrogen-bond acceptors (Lipinski definition) is 3. The van der Waals surface area contributed by atoms with Gasteiger partial charge in [-0.05, 0) is 55.5 Å². The molecule has 0 saturated heterocycles. The van der Waals surface area contributed by atoms with Gasteiger partial charge in [0.25, 0.3) is 0 Å². The number of phenols is 1. The van der Waals surface area contributed by atoms with Crippen molar-refractivity contribution < 1.29 is 14.1 Å². The third-order valence-electron chi connectivity index (χ3n) is 6.62. The summed E-state index contributed by atoms with van der Waals surface area (Å²) in [6.45, 7) is 7.77. The molecule has 1 amide bonds. The minimum Gasteiger partial charge on any atom is -0.507 e. The molecule has 4 nitrogen and oxygen atoms in total. The Kier molecular flexibility index (Phi) is 12.4. The minimum absolute atomic E-state index is 0.250. The number of amides is 1. The molecule has 0 aromatic heterocycles. The SMILES string of the molecule is CCCCCCCCCCCCS(=O)[C@H](C(=O)Nc1cc(C)c(O)c(C)c1C)c1ccccc1. The minimum atomic E-state index is -1.31. The molecule has 0 spiro atoms. The van der Waals surface area contributed by atoms with Crippen molar-refractivity contribution in [1.82, 2.24) is 0 Å². The van der Waals surface area contributed by atoms with E-state index in [4.69, 9.17) is 0 Å². The lowest BCUT2D eigenvalue weighted by molar-refractivity contribution is -0.115. The molecule has 5 heteroatoms. The fraction of sp³-hybridized carbons (Fsp3) is 0.552. The Balaban J connectivity index is 1.94. The van der Waals surface area contributed by atoms with Gasteiger partial charge in [0, 0.05) is 22.2 Å². The lowest BCUT2D eigenvalue weighted by Gasteiger charge is -2.19. The van der Waals surface area contributed by atoms with Crippen LogP contribution >= 0.6 is 0 Å². The Morgan fingerprint density at radius 1 is 0.882 bits per heavy atom. The summed E-state index contributed by atoms with van der Waals surface area (Å²) < 4.78 is 13.3. The van der Waals surface area contributed by atoms with Crippen LogP contribution in [0.2, 0.25) is 0 Å². The van der Waals surface area contributed by atoms with Crippen LogP contribution in [-0.2, 0) is 15.6 Å². The first-order valence-corrected chi connectivity index (χ1v) is 14.3. The summed E-state index contributed by atoms with van der Waals surface area (Å²) in [7, 11) is -1.31. The van der Waals surface area contributed by atoms with Gasteiger partial charge >= 0.3 is 0 Å². The number of nitrogens with one attached hydrogen (secondary N) is 1. The number of anilines is 1. The maximum absolute atomic E-state index is 13.3. The zero-order valence-corrected chi connectivity index (χ0v) is 22.3. The Morgan fingerprint density at radius 2 is 1.44 bits per heavy atom. The molecule has 2 N–H and O–H groups in total. The molecule has 0 aliphatic rings. The van der Waals surface area contributed by atoms with Crippen LogP contribution in [0.1, 0.15) is 98.6 Å². The van der Waals surface area contributed by atoms with Gasteiger partial charge in [-0.2, -0.15) is 0 Å². The number of aryl methyl sites for hydroxylation is 1. The maximum atomic E-state index is 13.3. The van der Waals surface area contributed by atoms with Crippen LogP contribution in [0.25, 0.3) is 0 Å².